The van der Waals surface area contributed by atoms with E-state index in [1.54, 1.807) is 7.05 Å². The van der Waals surface area contributed by atoms with Gasteiger partial charge < -0.3 is 5.32 Å². The third-order valence-electron chi connectivity index (χ3n) is 3.05. The van der Waals surface area contributed by atoms with Crippen molar-refractivity contribution < 1.29 is 18.0 Å². The van der Waals surface area contributed by atoms with Crippen molar-refractivity contribution in [3.63, 3.8) is 0 Å². The second-order valence-corrected chi connectivity index (χ2v) is 5.06. The van der Waals surface area contributed by atoms with Crippen molar-refractivity contribution in [2.24, 2.45) is 7.05 Å². The van der Waals surface area contributed by atoms with Crippen molar-refractivity contribution in [1.29, 1.82) is 0 Å². The van der Waals surface area contributed by atoms with Crippen LogP contribution in [-0.4, -0.2) is 31.5 Å². The molecule has 0 aliphatic heterocycles. The second kappa shape index (κ2) is 5.43. The van der Waals surface area contributed by atoms with Gasteiger partial charge in [-0.2, -0.15) is 18.3 Å². The van der Waals surface area contributed by atoms with Gasteiger partial charge in [0, 0.05) is 23.7 Å². The van der Waals surface area contributed by atoms with Crippen molar-refractivity contribution in [3.05, 3.63) is 28.0 Å². The van der Waals surface area contributed by atoms with Crippen LogP contribution in [0.4, 0.5) is 13.2 Å². The summed E-state index contributed by atoms with van der Waals surface area (Å²) in [7, 11) is 1.55. The number of aryl methyl sites for hydroxylation is 2. The topological polar surface area (TPSA) is 72.7 Å². The Kier molecular flexibility index (Phi) is 3.99. The fourth-order valence-corrected chi connectivity index (χ4v) is 2.43. The molecule has 1 atom stereocenters. The van der Waals surface area contributed by atoms with Gasteiger partial charge in [0.15, 0.2) is 11.7 Å². The SMILES string of the molecule is Cc1nn(C)c(C)c1C(NC(=O)c1csnn1)C(F)(F)F. The lowest BCUT2D eigenvalue weighted by Crippen LogP contribution is -2.39. The highest BCUT2D eigenvalue weighted by atomic mass is 32.1. The largest absolute Gasteiger partial charge is 0.413 e. The van der Waals surface area contributed by atoms with Crippen molar-refractivity contribution in [2.45, 2.75) is 26.1 Å². The fraction of sp³-hybridized carbons (Fsp3) is 0.455. The Hall–Kier alpha value is -1.97. The van der Waals surface area contributed by atoms with E-state index in [1.165, 1.54) is 23.9 Å². The summed E-state index contributed by atoms with van der Waals surface area (Å²) in [6.45, 7) is 2.99. The minimum Gasteiger partial charge on any atom is -0.335 e. The number of nitrogens with one attached hydrogen (secondary N) is 1. The molecule has 0 bridgehead atoms. The van der Waals surface area contributed by atoms with Crippen LogP contribution in [-0.2, 0) is 7.05 Å². The molecule has 1 N–H and O–H groups in total. The summed E-state index contributed by atoms with van der Waals surface area (Å²) in [6.07, 6.45) is -4.64. The molecule has 1 amide bonds. The number of hydrogen-bond donors (Lipinski definition) is 1. The van der Waals surface area contributed by atoms with E-state index < -0.39 is 18.1 Å². The van der Waals surface area contributed by atoms with Crippen LogP contribution in [0.25, 0.3) is 0 Å². The summed E-state index contributed by atoms with van der Waals surface area (Å²) in [5.41, 5.74) is 0.357. The lowest BCUT2D eigenvalue weighted by atomic mass is 10.0. The normalized spacial score (nSPS) is 13.2. The molecule has 1 unspecified atom stereocenters. The van der Waals surface area contributed by atoms with E-state index in [9.17, 15) is 18.0 Å². The molecule has 0 saturated carbocycles. The van der Waals surface area contributed by atoms with Crippen molar-refractivity contribution in [3.8, 4) is 0 Å². The molecule has 114 valence electrons. The smallest absolute Gasteiger partial charge is 0.335 e. The Morgan fingerprint density at radius 1 is 1.43 bits per heavy atom. The van der Waals surface area contributed by atoms with Crippen molar-refractivity contribution in [1.82, 2.24) is 24.7 Å². The molecule has 0 fully saturated rings. The predicted octanol–water partition coefficient (Wildman–Crippen LogP) is 1.92. The van der Waals surface area contributed by atoms with Crippen LogP contribution in [0.3, 0.4) is 0 Å². The minimum absolute atomic E-state index is 0.0541. The Bertz CT molecular complexity index is 650. The molecule has 0 radical (unpaired) electrons. The number of carbonyl (C=O) groups is 1. The van der Waals surface area contributed by atoms with E-state index in [0.717, 1.165) is 11.5 Å². The zero-order chi connectivity index (χ0) is 15.8. The maximum absolute atomic E-state index is 13.3. The quantitative estimate of drug-likeness (QED) is 0.938. The predicted molar refractivity (Wildman–Crippen MR) is 68.9 cm³/mol. The minimum atomic E-state index is -4.64. The van der Waals surface area contributed by atoms with Gasteiger partial charge in [0.25, 0.3) is 5.91 Å². The number of hydrogen-bond acceptors (Lipinski definition) is 5. The first-order valence-electron chi connectivity index (χ1n) is 5.86. The molecule has 0 spiro atoms. The lowest BCUT2D eigenvalue weighted by Gasteiger charge is -2.21. The zero-order valence-electron chi connectivity index (χ0n) is 11.4. The van der Waals surface area contributed by atoms with Crippen LogP contribution in [0.15, 0.2) is 5.38 Å². The molecule has 0 aromatic carbocycles. The summed E-state index contributed by atoms with van der Waals surface area (Å²) in [5.74, 6) is -0.922. The molecule has 0 saturated heterocycles. The highest BCUT2D eigenvalue weighted by Gasteiger charge is 2.44. The first kappa shape index (κ1) is 15.4. The Labute approximate surface area is 122 Å². The summed E-state index contributed by atoms with van der Waals surface area (Å²) in [6, 6.07) is -2.14. The molecule has 2 rings (SSSR count). The molecule has 10 heteroatoms. The maximum atomic E-state index is 13.3. The number of halogens is 3. The average molecular weight is 319 g/mol. The molecule has 0 aliphatic rings. The van der Waals surface area contributed by atoms with Gasteiger partial charge in [-0.05, 0) is 25.4 Å². The van der Waals surface area contributed by atoms with Crippen LogP contribution in [0.2, 0.25) is 0 Å². The van der Waals surface area contributed by atoms with Gasteiger partial charge in [0.05, 0.1) is 5.69 Å². The number of aromatic nitrogens is 4. The summed E-state index contributed by atoms with van der Waals surface area (Å²) in [5, 5.41) is 10.7. The Balaban J connectivity index is 2.38. The van der Waals surface area contributed by atoms with E-state index >= 15 is 0 Å². The van der Waals surface area contributed by atoms with Crippen LogP contribution in [0.5, 0.6) is 0 Å². The highest BCUT2D eigenvalue weighted by molar-refractivity contribution is 7.03. The molecule has 2 aromatic heterocycles. The first-order valence-corrected chi connectivity index (χ1v) is 6.70. The number of nitrogens with zero attached hydrogens (tertiary/aromatic N) is 4. The van der Waals surface area contributed by atoms with E-state index in [0.29, 0.717) is 5.69 Å². The second-order valence-electron chi connectivity index (χ2n) is 4.45. The third kappa shape index (κ3) is 3.04. The monoisotopic (exact) mass is 319 g/mol. The van der Waals surface area contributed by atoms with Crippen LogP contribution in [0.1, 0.15) is 33.5 Å². The van der Waals surface area contributed by atoms with Crippen molar-refractivity contribution >= 4 is 17.4 Å². The van der Waals surface area contributed by atoms with Crippen LogP contribution in [0, 0.1) is 13.8 Å². The van der Waals surface area contributed by atoms with Gasteiger partial charge in [0.2, 0.25) is 0 Å². The van der Waals surface area contributed by atoms with Gasteiger partial charge in [0.1, 0.15) is 0 Å². The number of alkyl halides is 3. The summed E-state index contributed by atoms with van der Waals surface area (Å²) >= 11 is 0.889. The summed E-state index contributed by atoms with van der Waals surface area (Å²) < 4.78 is 44.7. The van der Waals surface area contributed by atoms with E-state index in [1.807, 2.05) is 5.32 Å². The van der Waals surface area contributed by atoms with Gasteiger partial charge in [-0.15, -0.1) is 5.10 Å². The first-order chi connectivity index (χ1) is 9.71. The van der Waals surface area contributed by atoms with Gasteiger partial charge >= 0.3 is 6.18 Å². The standard InChI is InChI=1S/C11H12F3N5OS/c1-5-8(6(2)19(3)17-5)9(11(12,13)14)15-10(20)7-4-21-18-16-7/h4,9H,1-3H3,(H,15,20). The van der Waals surface area contributed by atoms with E-state index in [4.69, 9.17) is 0 Å². The molecule has 2 heterocycles. The van der Waals surface area contributed by atoms with Gasteiger partial charge in [-0.3, -0.25) is 9.48 Å². The van der Waals surface area contributed by atoms with Gasteiger partial charge in [-0.25, -0.2) is 0 Å². The van der Waals surface area contributed by atoms with Crippen LogP contribution < -0.4 is 5.32 Å². The van der Waals surface area contributed by atoms with Gasteiger partial charge in [-0.1, -0.05) is 4.49 Å². The number of amides is 1. The fourth-order valence-electron chi connectivity index (χ4n) is 1.99. The third-order valence-corrected chi connectivity index (χ3v) is 3.55. The van der Waals surface area contributed by atoms with Crippen molar-refractivity contribution in [2.75, 3.05) is 0 Å². The van der Waals surface area contributed by atoms with E-state index in [2.05, 4.69) is 14.7 Å². The molecular formula is C11H12F3N5OS. The van der Waals surface area contributed by atoms with Crippen LogP contribution >= 0.6 is 11.5 Å². The number of carbonyl (C=O) groups excluding carboxylic acids is 1. The lowest BCUT2D eigenvalue weighted by molar-refractivity contribution is -0.155. The van der Waals surface area contributed by atoms with E-state index in [-0.39, 0.29) is 17.0 Å². The highest BCUT2D eigenvalue weighted by Crippen LogP contribution is 2.35. The maximum Gasteiger partial charge on any atom is 0.413 e. The molecule has 6 nitrogen and oxygen atoms in total. The Morgan fingerprint density at radius 2 is 2.10 bits per heavy atom. The molecule has 21 heavy (non-hydrogen) atoms. The zero-order valence-corrected chi connectivity index (χ0v) is 12.2. The Morgan fingerprint density at radius 3 is 2.52 bits per heavy atom. The average Bonchev–Trinajstić information content (AvgIpc) is 2.96. The molecule has 0 aliphatic carbocycles. The summed E-state index contributed by atoms with van der Waals surface area (Å²) in [4.78, 5) is 11.8. The molecule has 2 aromatic rings. The number of rotatable bonds is 3. The molecular weight excluding hydrogens is 307 g/mol.